The van der Waals surface area contributed by atoms with Gasteiger partial charge in [0.05, 0.1) is 12.5 Å². The Labute approximate surface area is 57.1 Å². The minimum absolute atomic E-state index is 0.205. The third kappa shape index (κ3) is 6.46. The Balaban J connectivity index is 3.76. The van der Waals surface area contributed by atoms with Gasteiger partial charge in [0, 0.05) is 0 Å². The molecule has 0 atom stereocenters. The van der Waals surface area contributed by atoms with E-state index in [1.54, 1.807) is 0 Å². The summed E-state index contributed by atoms with van der Waals surface area (Å²) >= 11 is 0. The van der Waals surface area contributed by atoms with E-state index in [0.717, 1.165) is 12.2 Å². The minimum atomic E-state index is -1.14. The van der Waals surface area contributed by atoms with Crippen molar-refractivity contribution in [3.63, 3.8) is 0 Å². The van der Waals surface area contributed by atoms with Crippen LogP contribution in [-0.4, -0.2) is 22.2 Å². The Morgan fingerprint density at radius 2 is 2.00 bits per heavy atom. The fourth-order valence-electron chi connectivity index (χ4n) is 0.276. The molecule has 0 unspecified atom stereocenters. The maximum atomic E-state index is 9.81. The van der Waals surface area contributed by atoms with Gasteiger partial charge in [0.2, 0.25) is 0 Å². The molecule has 0 heterocycles. The summed E-state index contributed by atoms with van der Waals surface area (Å²) in [7, 11) is 0. The molecule has 0 amide bonds. The third-order valence-electron chi connectivity index (χ3n) is 0.601. The fourth-order valence-corrected chi connectivity index (χ4v) is 0.276. The highest BCUT2D eigenvalue weighted by Gasteiger charge is 1.87. The Morgan fingerprint density at radius 3 is 2.40 bits per heavy atom. The normalized spacial score (nSPS) is 7.60. The van der Waals surface area contributed by atoms with Crippen LogP contribution < -0.4 is 0 Å². The van der Waals surface area contributed by atoms with E-state index in [2.05, 4.69) is 5.73 Å². The lowest BCUT2D eigenvalue weighted by Crippen LogP contribution is -1.89. The second-order valence-electron chi connectivity index (χ2n) is 1.45. The van der Waals surface area contributed by atoms with Crippen molar-refractivity contribution < 1.29 is 19.8 Å². The summed E-state index contributed by atoms with van der Waals surface area (Å²) in [5, 5.41) is 16.0. The van der Waals surface area contributed by atoms with E-state index in [1.165, 1.54) is 0 Å². The molecule has 0 radical (unpaired) electrons. The molecule has 0 aromatic carbocycles. The minimum Gasteiger partial charge on any atom is -0.481 e. The molecule has 0 aliphatic heterocycles. The highest BCUT2D eigenvalue weighted by Crippen LogP contribution is 1.78. The lowest BCUT2D eigenvalue weighted by atomic mass is 10.4. The van der Waals surface area contributed by atoms with Gasteiger partial charge in [0.1, 0.15) is 0 Å². The number of carbonyl (C=O) groups is 2. The predicted octanol–water partition coefficient (Wildman–Crippen LogP) is 0.257. The van der Waals surface area contributed by atoms with E-state index in [9.17, 15) is 9.59 Å². The summed E-state index contributed by atoms with van der Waals surface area (Å²) in [6.45, 7) is 0. The quantitative estimate of drug-likeness (QED) is 0.437. The molecule has 0 aromatic heterocycles. The number of carboxylic acid groups (broad SMARTS) is 2. The van der Waals surface area contributed by atoms with Crippen molar-refractivity contribution in [3.05, 3.63) is 17.9 Å². The van der Waals surface area contributed by atoms with Crippen LogP contribution in [-0.2, 0) is 9.59 Å². The lowest BCUT2D eigenvalue weighted by Gasteiger charge is -1.76. The van der Waals surface area contributed by atoms with Gasteiger partial charge in [-0.1, -0.05) is 0 Å². The number of aliphatic carboxylic acids is 2. The van der Waals surface area contributed by atoms with E-state index >= 15 is 0 Å². The van der Waals surface area contributed by atoms with Gasteiger partial charge < -0.3 is 10.2 Å². The molecule has 0 aliphatic carbocycles. The molecule has 0 aromatic rings. The fraction of sp³-hybridized carbons (Fsp3) is 0.167. The molecular formula is C6H6O4. The second-order valence-corrected chi connectivity index (χ2v) is 1.45. The van der Waals surface area contributed by atoms with Gasteiger partial charge in [-0.2, -0.15) is 0 Å². The summed E-state index contributed by atoms with van der Waals surface area (Å²) in [6.07, 6.45) is 1.68. The summed E-state index contributed by atoms with van der Waals surface area (Å²) in [5.41, 5.74) is 2.19. The molecule has 0 fully saturated rings. The van der Waals surface area contributed by atoms with Crippen LogP contribution in [0.3, 0.4) is 0 Å². The molecule has 0 rings (SSSR count). The second kappa shape index (κ2) is 4.35. The van der Waals surface area contributed by atoms with Crippen LogP contribution in [0.5, 0.6) is 0 Å². The molecule has 0 saturated carbocycles. The molecule has 0 aliphatic rings. The molecule has 0 spiro atoms. The van der Waals surface area contributed by atoms with Gasteiger partial charge in [-0.25, -0.2) is 4.79 Å². The first-order chi connectivity index (χ1) is 4.63. The van der Waals surface area contributed by atoms with Crippen molar-refractivity contribution in [1.82, 2.24) is 0 Å². The maximum absolute atomic E-state index is 9.81. The zero-order valence-corrected chi connectivity index (χ0v) is 5.07. The zero-order chi connectivity index (χ0) is 7.98. The van der Waals surface area contributed by atoms with Crippen LogP contribution in [0, 0.1) is 0 Å². The maximum Gasteiger partial charge on any atom is 0.336 e. The largest absolute Gasteiger partial charge is 0.481 e. The highest BCUT2D eigenvalue weighted by molar-refractivity contribution is 5.79. The third-order valence-corrected chi connectivity index (χ3v) is 0.601. The van der Waals surface area contributed by atoms with E-state index < -0.39 is 11.9 Å². The van der Waals surface area contributed by atoms with Crippen molar-refractivity contribution in [1.29, 1.82) is 0 Å². The van der Waals surface area contributed by atoms with Crippen molar-refractivity contribution in [3.8, 4) is 0 Å². The van der Waals surface area contributed by atoms with Gasteiger partial charge >= 0.3 is 11.9 Å². The average molecular weight is 142 g/mol. The summed E-state index contributed by atoms with van der Waals surface area (Å²) < 4.78 is 0. The van der Waals surface area contributed by atoms with Crippen LogP contribution in [0.15, 0.2) is 17.9 Å². The molecule has 10 heavy (non-hydrogen) atoms. The molecule has 4 nitrogen and oxygen atoms in total. The van der Waals surface area contributed by atoms with Gasteiger partial charge in [0.15, 0.2) is 0 Å². The highest BCUT2D eigenvalue weighted by atomic mass is 16.4. The smallest absolute Gasteiger partial charge is 0.336 e. The van der Waals surface area contributed by atoms with Gasteiger partial charge in [-0.05, 0) is 6.08 Å². The number of hydrogen-bond donors (Lipinski definition) is 2. The first kappa shape index (κ1) is 8.46. The van der Waals surface area contributed by atoms with E-state index in [0.29, 0.717) is 0 Å². The molecule has 4 heteroatoms. The van der Waals surface area contributed by atoms with Gasteiger partial charge in [-0.15, -0.1) is 5.73 Å². The molecular weight excluding hydrogens is 136 g/mol. The number of carboxylic acids is 2. The zero-order valence-electron chi connectivity index (χ0n) is 5.07. The van der Waals surface area contributed by atoms with Crippen LogP contribution >= 0.6 is 0 Å². The topological polar surface area (TPSA) is 74.6 Å². The first-order valence-electron chi connectivity index (χ1n) is 2.48. The summed E-state index contributed by atoms with van der Waals surface area (Å²) in [6, 6.07) is 0. The lowest BCUT2D eigenvalue weighted by molar-refractivity contribution is -0.136. The molecule has 54 valence electrons. The Hall–Kier alpha value is -1.54. The Morgan fingerprint density at radius 1 is 1.40 bits per heavy atom. The Bertz CT molecular complexity index is 198. The summed E-state index contributed by atoms with van der Waals surface area (Å²) in [5.74, 6) is -2.15. The van der Waals surface area contributed by atoms with Crippen LogP contribution in [0.25, 0.3) is 0 Å². The van der Waals surface area contributed by atoms with E-state index in [-0.39, 0.29) is 6.42 Å². The monoisotopic (exact) mass is 142 g/mol. The summed E-state index contributed by atoms with van der Waals surface area (Å²) in [4.78, 5) is 19.6. The van der Waals surface area contributed by atoms with Gasteiger partial charge in [0.25, 0.3) is 0 Å². The molecule has 0 saturated heterocycles. The predicted molar refractivity (Wildman–Crippen MR) is 32.5 cm³/mol. The number of hydrogen-bond acceptors (Lipinski definition) is 2. The van der Waals surface area contributed by atoms with Crippen molar-refractivity contribution in [2.45, 2.75) is 6.42 Å². The molecule has 2 N–H and O–H groups in total. The van der Waals surface area contributed by atoms with Crippen LogP contribution in [0.1, 0.15) is 6.42 Å². The average Bonchev–Trinajstić information content (AvgIpc) is 1.79. The van der Waals surface area contributed by atoms with Crippen molar-refractivity contribution in [2.24, 2.45) is 0 Å². The molecule has 0 bridgehead atoms. The van der Waals surface area contributed by atoms with Crippen molar-refractivity contribution >= 4 is 11.9 Å². The number of rotatable bonds is 3. The van der Waals surface area contributed by atoms with Crippen LogP contribution in [0.4, 0.5) is 0 Å². The standard InChI is InChI=1S/C6H6O4/c7-5(8)3-1-2-4-6(9)10/h1,4H,3H2,(H,7,8)(H,9,10). The van der Waals surface area contributed by atoms with E-state index in [4.69, 9.17) is 10.2 Å². The van der Waals surface area contributed by atoms with Crippen LogP contribution in [0.2, 0.25) is 0 Å². The van der Waals surface area contributed by atoms with Gasteiger partial charge in [-0.3, -0.25) is 4.79 Å². The van der Waals surface area contributed by atoms with E-state index in [1.807, 2.05) is 0 Å². The first-order valence-corrected chi connectivity index (χ1v) is 2.48. The SMILES string of the molecule is O=C(O)C=C=CCC(=O)O. The van der Waals surface area contributed by atoms with Crippen molar-refractivity contribution in [2.75, 3.05) is 0 Å². The Kier molecular flexibility index (Phi) is 3.68.